The molecule has 4 aromatic rings. The van der Waals surface area contributed by atoms with Crippen molar-refractivity contribution < 1.29 is 17.9 Å². The molecule has 7 nitrogen and oxygen atoms in total. The van der Waals surface area contributed by atoms with E-state index in [1.54, 1.807) is 12.3 Å². The van der Waals surface area contributed by atoms with Gasteiger partial charge in [-0.2, -0.15) is 0 Å². The number of benzene rings is 3. The fourth-order valence-corrected chi connectivity index (χ4v) is 5.96. The van der Waals surface area contributed by atoms with Crippen molar-refractivity contribution in [3.8, 4) is 5.75 Å². The Morgan fingerprint density at radius 3 is 2.68 bits per heavy atom. The van der Waals surface area contributed by atoms with E-state index in [9.17, 15) is 13.2 Å². The number of carbonyl (C=O) groups excluding carboxylic acids is 1. The molecule has 8 heteroatoms. The number of para-hydroxylation sites is 2. The van der Waals surface area contributed by atoms with Crippen LogP contribution in [0.1, 0.15) is 22.3 Å². The van der Waals surface area contributed by atoms with Crippen LogP contribution < -0.4 is 14.4 Å². The number of aryl methyl sites for hydroxylation is 1. The SMILES string of the molecule is COc1ccc(C(=O)Nc2cnc3ccccc3c2)cc1S(=O)(=O)N1CCCc2ccccc21. The number of rotatable bonds is 5. The van der Waals surface area contributed by atoms with E-state index in [4.69, 9.17) is 4.74 Å². The topological polar surface area (TPSA) is 88.6 Å². The van der Waals surface area contributed by atoms with E-state index >= 15 is 0 Å². The molecular weight excluding hydrogens is 450 g/mol. The average molecular weight is 474 g/mol. The van der Waals surface area contributed by atoms with E-state index < -0.39 is 15.9 Å². The molecule has 2 heterocycles. The number of nitrogens with zero attached hydrogens (tertiary/aromatic N) is 2. The molecule has 0 saturated carbocycles. The predicted octanol–water partition coefficient (Wildman–Crippen LogP) is 4.64. The lowest BCUT2D eigenvalue weighted by Crippen LogP contribution is -2.35. The van der Waals surface area contributed by atoms with E-state index in [1.165, 1.54) is 23.5 Å². The van der Waals surface area contributed by atoms with Crippen LogP contribution in [0.15, 0.2) is 83.9 Å². The molecule has 0 spiro atoms. The number of fused-ring (bicyclic) bond motifs is 2. The van der Waals surface area contributed by atoms with Crippen LogP contribution in [0.3, 0.4) is 0 Å². The smallest absolute Gasteiger partial charge is 0.268 e. The van der Waals surface area contributed by atoms with Crippen LogP contribution in [0.25, 0.3) is 10.9 Å². The first-order valence-electron chi connectivity index (χ1n) is 10.9. The zero-order valence-corrected chi connectivity index (χ0v) is 19.4. The van der Waals surface area contributed by atoms with Crippen LogP contribution >= 0.6 is 0 Å². The second-order valence-electron chi connectivity index (χ2n) is 8.05. The van der Waals surface area contributed by atoms with Gasteiger partial charge in [0.2, 0.25) is 0 Å². The molecular formula is C26H23N3O4S. The number of hydrogen-bond donors (Lipinski definition) is 1. The monoisotopic (exact) mass is 473 g/mol. The largest absolute Gasteiger partial charge is 0.495 e. The van der Waals surface area contributed by atoms with Crippen LogP contribution in [-0.2, 0) is 16.4 Å². The quantitative estimate of drug-likeness (QED) is 0.456. The van der Waals surface area contributed by atoms with Crippen LogP contribution in [0.5, 0.6) is 5.75 Å². The number of sulfonamides is 1. The number of anilines is 2. The zero-order chi connectivity index (χ0) is 23.7. The molecule has 1 aliphatic heterocycles. The lowest BCUT2D eigenvalue weighted by Gasteiger charge is -2.31. The Balaban J connectivity index is 1.49. The second-order valence-corrected chi connectivity index (χ2v) is 9.88. The molecule has 1 aromatic heterocycles. The highest BCUT2D eigenvalue weighted by molar-refractivity contribution is 7.93. The number of ether oxygens (including phenoxy) is 1. The summed E-state index contributed by atoms with van der Waals surface area (Å²) in [5.41, 5.74) is 3.19. The molecule has 0 fully saturated rings. The number of carbonyl (C=O) groups is 1. The summed E-state index contributed by atoms with van der Waals surface area (Å²) in [6.45, 7) is 0.363. The van der Waals surface area contributed by atoms with Crippen molar-refractivity contribution in [3.05, 3.63) is 90.1 Å². The van der Waals surface area contributed by atoms with Crippen molar-refractivity contribution in [2.75, 3.05) is 23.3 Å². The van der Waals surface area contributed by atoms with Crippen molar-refractivity contribution in [3.63, 3.8) is 0 Å². The number of hydrogen-bond acceptors (Lipinski definition) is 5. The van der Waals surface area contributed by atoms with Gasteiger partial charge in [0.05, 0.1) is 30.2 Å². The van der Waals surface area contributed by atoms with Crippen LogP contribution in [0, 0.1) is 0 Å². The normalized spacial score (nSPS) is 13.4. The molecule has 0 bridgehead atoms. The van der Waals surface area contributed by atoms with E-state index in [-0.39, 0.29) is 16.2 Å². The highest BCUT2D eigenvalue weighted by atomic mass is 32.2. The summed E-state index contributed by atoms with van der Waals surface area (Å²) in [5, 5.41) is 3.70. The maximum Gasteiger partial charge on any atom is 0.268 e. The molecule has 0 saturated heterocycles. The molecule has 1 amide bonds. The lowest BCUT2D eigenvalue weighted by molar-refractivity contribution is 0.102. The molecule has 0 radical (unpaired) electrons. The molecule has 1 aliphatic rings. The summed E-state index contributed by atoms with van der Waals surface area (Å²) in [6.07, 6.45) is 3.11. The van der Waals surface area contributed by atoms with Crippen molar-refractivity contribution in [1.82, 2.24) is 4.98 Å². The van der Waals surface area contributed by atoms with Crippen molar-refractivity contribution >= 4 is 38.2 Å². The second kappa shape index (κ2) is 8.79. The minimum Gasteiger partial charge on any atom is -0.495 e. The zero-order valence-electron chi connectivity index (χ0n) is 18.6. The minimum absolute atomic E-state index is 0.0454. The van der Waals surface area contributed by atoms with Gasteiger partial charge in [0.25, 0.3) is 15.9 Å². The van der Waals surface area contributed by atoms with Gasteiger partial charge in [-0.15, -0.1) is 0 Å². The van der Waals surface area contributed by atoms with Gasteiger partial charge in [0, 0.05) is 17.5 Å². The van der Waals surface area contributed by atoms with Gasteiger partial charge in [-0.05, 0) is 54.8 Å². The fraction of sp³-hybridized carbons (Fsp3) is 0.154. The van der Waals surface area contributed by atoms with Crippen LogP contribution in [0.2, 0.25) is 0 Å². The third-order valence-corrected chi connectivity index (χ3v) is 7.74. The van der Waals surface area contributed by atoms with E-state index in [0.29, 0.717) is 24.3 Å². The highest BCUT2D eigenvalue weighted by Gasteiger charge is 2.32. The molecule has 0 atom stereocenters. The summed E-state index contributed by atoms with van der Waals surface area (Å²) in [6, 6.07) is 21.3. The minimum atomic E-state index is -3.96. The number of aromatic nitrogens is 1. The van der Waals surface area contributed by atoms with Gasteiger partial charge in [0.15, 0.2) is 0 Å². The maximum atomic E-state index is 13.7. The first-order chi connectivity index (χ1) is 16.5. The van der Waals surface area contributed by atoms with Crippen molar-refractivity contribution in [2.24, 2.45) is 0 Å². The number of methoxy groups -OCH3 is 1. The fourth-order valence-electron chi connectivity index (χ4n) is 4.23. The van der Waals surface area contributed by atoms with Gasteiger partial charge in [-0.1, -0.05) is 36.4 Å². The first kappa shape index (κ1) is 21.9. The standard InChI is InChI=1S/C26H23N3O4S/c1-33-24-13-12-20(26(30)28-21-15-19-8-2-4-10-22(19)27-17-21)16-25(24)34(31,32)29-14-6-9-18-7-3-5-11-23(18)29/h2-5,7-8,10-13,15-17H,6,9,14H2,1H3,(H,28,30). The predicted molar refractivity (Wildman–Crippen MR) is 132 cm³/mol. The summed E-state index contributed by atoms with van der Waals surface area (Å²) in [7, 11) is -2.54. The van der Waals surface area contributed by atoms with Gasteiger partial charge in [-0.3, -0.25) is 14.1 Å². The molecule has 3 aromatic carbocycles. The molecule has 34 heavy (non-hydrogen) atoms. The number of pyridine rings is 1. The van der Waals surface area contributed by atoms with Crippen molar-refractivity contribution in [1.29, 1.82) is 0 Å². The van der Waals surface area contributed by atoms with Gasteiger partial charge in [0.1, 0.15) is 10.6 Å². The maximum absolute atomic E-state index is 13.7. The van der Waals surface area contributed by atoms with Gasteiger partial charge < -0.3 is 10.1 Å². The summed E-state index contributed by atoms with van der Waals surface area (Å²) in [4.78, 5) is 17.3. The summed E-state index contributed by atoms with van der Waals surface area (Å²) < 4.78 is 34.2. The number of nitrogens with one attached hydrogen (secondary N) is 1. The molecule has 1 N–H and O–H groups in total. The summed E-state index contributed by atoms with van der Waals surface area (Å²) >= 11 is 0. The first-order valence-corrected chi connectivity index (χ1v) is 12.4. The molecule has 0 aliphatic carbocycles. The Bertz CT molecular complexity index is 1500. The Morgan fingerprint density at radius 2 is 1.82 bits per heavy atom. The average Bonchev–Trinajstić information content (AvgIpc) is 2.87. The third-order valence-electron chi connectivity index (χ3n) is 5.91. The van der Waals surface area contributed by atoms with E-state index in [0.717, 1.165) is 22.9 Å². The summed E-state index contributed by atoms with van der Waals surface area (Å²) in [5.74, 6) is -0.248. The third kappa shape index (κ3) is 3.97. The molecule has 5 rings (SSSR count). The molecule has 0 unspecified atom stereocenters. The Kier molecular flexibility index (Phi) is 5.67. The van der Waals surface area contributed by atoms with E-state index in [1.807, 2.05) is 54.6 Å². The Morgan fingerprint density at radius 1 is 1.03 bits per heavy atom. The van der Waals surface area contributed by atoms with Crippen LogP contribution in [0.4, 0.5) is 11.4 Å². The van der Waals surface area contributed by atoms with E-state index in [2.05, 4.69) is 10.3 Å². The Labute approximate surface area is 198 Å². The number of amides is 1. The molecule has 172 valence electrons. The van der Waals surface area contributed by atoms with Crippen molar-refractivity contribution in [2.45, 2.75) is 17.7 Å². The Hall–Kier alpha value is -3.91. The van der Waals surface area contributed by atoms with Gasteiger partial charge >= 0.3 is 0 Å². The van der Waals surface area contributed by atoms with Gasteiger partial charge in [-0.25, -0.2) is 8.42 Å². The lowest BCUT2D eigenvalue weighted by atomic mass is 10.0. The highest BCUT2D eigenvalue weighted by Crippen LogP contribution is 2.35. The van der Waals surface area contributed by atoms with Crippen LogP contribution in [-0.4, -0.2) is 33.0 Å².